The van der Waals surface area contributed by atoms with Crippen LogP contribution in [0.3, 0.4) is 0 Å². The van der Waals surface area contributed by atoms with Gasteiger partial charge < -0.3 is 5.32 Å². The number of anilines is 2. The molecule has 0 spiro atoms. The summed E-state index contributed by atoms with van der Waals surface area (Å²) in [6.45, 7) is 5.08. The minimum atomic E-state index is -3.52. The quantitative estimate of drug-likeness (QED) is 0.860. The van der Waals surface area contributed by atoms with Gasteiger partial charge >= 0.3 is 0 Å². The van der Waals surface area contributed by atoms with Crippen LogP contribution in [0.5, 0.6) is 0 Å². The summed E-state index contributed by atoms with van der Waals surface area (Å²) in [6.07, 6.45) is 1.62. The highest BCUT2D eigenvalue weighted by Gasteiger charge is 2.15. The van der Waals surface area contributed by atoms with Gasteiger partial charge in [0.1, 0.15) is 10.0 Å². The number of pyridine rings is 1. The first-order valence-corrected chi connectivity index (χ1v) is 8.60. The number of nitrogens with zero attached hydrogens (tertiary/aromatic N) is 1. The Hall–Kier alpha value is -1.60. The Morgan fingerprint density at radius 2 is 2.10 bits per heavy atom. The average Bonchev–Trinajstić information content (AvgIpc) is 2.92. The van der Waals surface area contributed by atoms with E-state index in [4.69, 9.17) is 0 Å². The molecular formula is C13H17N3O2S2. The van der Waals surface area contributed by atoms with Crippen molar-refractivity contribution in [2.45, 2.75) is 18.1 Å². The third-order valence-corrected chi connectivity index (χ3v) is 5.23. The van der Waals surface area contributed by atoms with E-state index in [2.05, 4.69) is 28.9 Å². The van der Waals surface area contributed by atoms with Crippen molar-refractivity contribution in [3.63, 3.8) is 0 Å². The van der Waals surface area contributed by atoms with Crippen LogP contribution in [0.25, 0.3) is 0 Å². The molecule has 0 saturated carbocycles. The van der Waals surface area contributed by atoms with Gasteiger partial charge in [-0.2, -0.15) is 0 Å². The Bertz CT molecular complexity index is 635. The molecule has 0 fully saturated rings. The number of aromatic nitrogens is 1. The molecule has 0 bridgehead atoms. The topological polar surface area (TPSA) is 71.1 Å². The van der Waals surface area contributed by atoms with Crippen molar-refractivity contribution in [2.75, 3.05) is 16.6 Å². The number of thiophene rings is 1. The van der Waals surface area contributed by atoms with Crippen LogP contribution in [0, 0.1) is 5.92 Å². The fourth-order valence-electron chi connectivity index (χ4n) is 1.49. The van der Waals surface area contributed by atoms with Crippen LogP contribution in [-0.2, 0) is 10.0 Å². The monoisotopic (exact) mass is 311 g/mol. The fourth-order valence-corrected chi connectivity index (χ4v) is 3.49. The first-order valence-electron chi connectivity index (χ1n) is 6.23. The van der Waals surface area contributed by atoms with Crippen LogP contribution in [0.1, 0.15) is 13.8 Å². The van der Waals surface area contributed by atoms with Crippen molar-refractivity contribution >= 4 is 32.9 Å². The van der Waals surface area contributed by atoms with Gasteiger partial charge in [-0.15, -0.1) is 11.3 Å². The molecule has 2 N–H and O–H groups in total. The highest BCUT2D eigenvalue weighted by Crippen LogP contribution is 2.19. The van der Waals surface area contributed by atoms with Crippen LogP contribution in [0.15, 0.2) is 40.1 Å². The smallest absolute Gasteiger partial charge is 0.272 e. The summed E-state index contributed by atoms with van der Waals surface area (Å²) in [5.74, 6) is 0.848. The zero-order valence-electron chi connectivity index (χ0n) is 11.3. The summed E-state index contributed by atoms with van der Waals surface area (Å²) in [5.41, 5.74) is 0.873. The van der Waals surface area contributed by atoms with Crippen molar-refractivity contribution in [3.8, 4) is 0 Å². The average molecular weight is 311 g/mol. The van der Waals surface area contributed by atoms with E-state index < -0.39 is 10.0 Å². The van der Waals surface area contributed by atoms with Gasteiger partial charge in [0, 0.05) is 6.54 Å². The van der Waals surface area contributed by atoms with Crippen LogP contribution in [0.2, 0.25) is 0 Å². The second-order valence-electron chi connectivity index (χ2n) is 4.74. The molecule has 0 saturated heterocycles. The molecule has 2 aromatic rings. The molecule has 5 nitrogen and oxygen atoms in total. The summed E-state index contributed by atoms with van der Waals surface area (Å²) in [5, 5.41) is 4.95. The van der Waals surface area contributed by atoms with E-state index in [-0.39, 0.29) is 4.21 Å². The van der Waals surface area contributed by atoms with Crippen LogP contribution in [-0.4, -0.2) is 19.9 Å². The Balaban J connectivity index is 2.04. The summed E-state index contributed by atoms with van der Waals surface area (Å²) >= 11 is 1.17. The van der Waals surface area contributed by atoms with E-state index in [0.717, 1.165) is 12.2 Å². The van der Waals surface area contributed by atoms with Crippen molar-refractivity contribution in [1.29, 1.82) is 0 Å². The maximum atomic E-state index is 12.0. The van der Waals surface area contributed by atoms with Crippen LogP contribution >= 0.6 is 11.3 Å². The highest BCUT2D eigenvalue weighted by molar-refractivity contribution is 7.94. The molecular weight excluding hydrogens is 294 g/mol. The van der Waals surface area contributed by atoms with Crippen molar-refractivity contribution in [3.05, 3.63) is 35.8 Å². The van der Waals surface area contributed by atoms with Crippen LogP contribution in [0.4, 0.5) is 11.5 Å². The number of nitrogens with one attached hydrogen (secondary N) is 2. The lowest BCUT2D eigenvalue weighted by Gasteiger charge is -2.09. The first-order chi connectivity index (χ1) is 9.47. The Morgan fingerprint density at radius 1 is 1.30 bits per heavy atom. The molecule has 0 aromatic carbocycles. The molecule has 0 unspecified atom stereocenters. The van der Waals surface area contributed by atoms with E-state index in [9.17, 15) is 8.42 Å². The maximum Gasteiger partial charge on any atom is 0.272 e. The van der Waals surface area contributed by atoms with Gasteiger partial charge in [0.15, 0.2) is 0 Å². The zero-order chi connectivity index (χ0) is 14.6. The molecule has 2 heterocycles. The van der Waals surface area contributed by atoms with E-state index in [0.29, 0.717) is 11.7 Å². The number of hydrogen-bond acceptors (Lipinski definition) is 5. The molecule has 0 radical (unpaired) electrons. The summed E-state index contributed by atoms with van der Waals surface area (Å²) in [6, 6.07) is 6.71. The van der Waals surface area contributed by atoms with Crippen molar-refractivity contribution in [2.24, 2.45) is 5.92 Å². The minimum absolute atomic E-state index is 0.279. The van der Waals surface area contributed by atoms with Gasteiger partial charge in [0.05, 0.1) is 11.9 Å². The van der Waals surface area contributed by atoms with Crippen molar-refractivity contribution in [1.82, 2.24) is 4.98 Å². The second-order valence-corrected chi connectivity index (χ2v) is 7.60. The Kier molecular flexibility index (Phi) is 4.61. The fraction of sp³-hybridized carbons (Fsp3) is 0.308. The number of sulfonamides is 1. The largest absolute Gasteiger partial charge is 0.384 e. The van der Waals surface area contributed by atoms with E-state index in [1.165, 1.54) is 11.3 Å². The number of rotatable bonds is 6. The second kappa shape index (κ2) is 6.23. The molecule has 7 heteroatoms. The standard InChI is InChI=1S/C13H17N3O2S2/c1-10(2)8-14-11-5-6-12(15-9-11)16-20(17,18)13-4-3-7-19-13/h3-7,9-10,14H,8H2,1-2H3,(H,15,16). The molecule has 108 valence electrons. The Labute approximate surface area is 123 Å². The molecule has 0 aliphatic rings. The zero-order valence-corrected chi connectivity index (χ0v) is 13.0. The van der Waals surface area contributed by atoms with Gasteiger partial charge in [-0.05, 0) is 29.5 Å². The Morgan fingerprint density at radius 3 is 2.65 bits per heavy atom. The van der Waals surface area contributed by atoms with E-state index in [1.807, 2.05) is 6.07 Å². The van der Waals surface area contributed by atoms with Gasteiger partial charge in [-0.3, -0.25) is 4.72 Å². The predicted octanol–water partition coefficient (Wildman–Crippen LogP) is 3.01. The lowest BCUT2D eigenvalue weighted by Crippen LogP contribution is -2.13. The third-order valence-electron chi connectivity index (χ3n) is 2.48. The predicted molar refractivity (Wildman–Crippen MR) is 82.7 cm³/mol. The van der Waals surface area contributed by atoms with Gasteiger partial charge in [-0.1, -0.05) is 19.9 Å². The summed E-state index contributed by atoms with van der Waals surface area (Å²) in [4.78, 5) is 4.10. The lowest BCUT2D eigenvalue weighted by molar-refractivity contribution is 0.603. The molecule has 0 aliphatic carbocycles. The highest BCUT2D eigenvalue weighted by atomic mass is 32.2. The molecule has 0 amide bonds. The van der Waals surface area contributed by atoms with Gasteiger partial charge in [0.2, 0.25) is 0 Å². The van der Waals surface area contributed by atoms with Gasteiger partial charge in [0.25, 0.3) is 10.0 Å². The number of hydrogen-bond donors (Lipinski definition) is 2. The van der Waals surface area contributed by atoms with Gasteiger partial charge in [-0.25, -0.2) is 13.4 Å². The summed E-state index contributed by atoms with van der Waals surface area (Å²) in [7, 11) is -3.52. The molecule has 2 aromatic heterocycles. The maximum absolute atomic E-state index is 12.0. The SMILES string of the molecule is CC(C)CNc1ccc(NS(=O)(=O)c2cccs2)nc1. The minimum Gasteiger partial charge on any atom is -0.384 e. The molecule has 2 rings (SSSR count). The van der Waals surface area contributed by atoms with E-state index >= 15 is 0 Å². The summed E-state index contributed by atoms with van der Waals surface area (Å²) < 4.78 is 26.7. The van der Waals surface area contributed by atoms with Crippen LogP contribution < -0.4 is 10.0 Å². The molecule has 20 heavy (non-hydrogen) atoms. The van der Waals surface area contributed by atoms with E-state index in [1.54, 1.807) is 29.8 Å². The third kappa shape index (κ3) is 3.94. The normalized spacial score (nSPS) is 11.6. The molecule has 0 atom stereocenters. The first kappa shape index (κ1) is 14.8. The van der Waals surface area contributed by atoms with Crippen molar-refractivity contribution < 1.29 is 8.42 Å². The lowest BCUT2D eigenvalue weighted by atomic mass is 10.2. The molecule has 0 aliphatic heterocycles.